The number of nitrogens with two attached hydrogens (primary N) is 1. The number of nitrogen functional groups attached to an aromatic ring is 1. The van der Waals surface area contributed by atoms with Crippen molar-refractivity contribution in [3.8, 4) is 0 Å². The molecule has 5 N–H and O–H groups in total. The molecule has 2 rings (SSSR count). The third-order valence-corrected chi connectivity index (χ3v) is 3.40. The molecule has 1 aromatic heterocycles. The van der Waals surface area contributed by atoms with Gasteiger partial charge in [-0.3, -0.25) is 4.57 Å². The summed E-state index contributed by atoms with van der Waals surface area (Å²) in [6, 6.07) is 0. The standard InChI is InChI=1S/C13H17N3O7/c1-22-8(18)3-2-6-4-16(13(21)15-11(6)14)12-10(20)9(19)7(5-17)23-12/h2-4,7,9-10,12,17,19-20H,5H2,1H3,(H2,14,15,21)/t7-,9+,10+,12?/m1/s1. The van der Waals surface area contributed by atoms with E-state index in [0.29, 0.717) is 0 Å². The molecular weight excluding hydrogens is 310 g/mol. The molecule has 1 aliphatic rings. The minimum absolute atomic E-state index is 0.127. The molecule has 0 bridgehead atoms. The van der Waals surface area contributed by atoms with Gasteiger partial charge in [-0.05, 0) is 6.08 Å². The van der Waals surface area contributed by atoms with Gasteiger partial charge in [0, 0.05) is 17.8 Å². The fraction of sp³-hybridized carbons (Fsp3) is 0.462. The van der Waals surface area contributed by atoms with Crippen LogP contribution in [0.5, 0.6) is 0 Å². The maximum absolute atomic E-state index is 11.9. The lowest BCUT2D eigenvalue weighted by Gasteiger charge is -2.18. The molecule has 0 aliphatic carbocycles. The van der Waals surface area contributed by atoms with E-state index >= 15 is 0 Å². The van der Waals surface area contributed by atoms with Crippen LogP contribution >= 0.6 is 0 Å². The lowest BCUT2D eigenvalue weighted by atomic mass is 10.1. The van der Waals surface area contributed by atoms with E-state index in [9.17, 15) is 19.8 Å². The summed E-state index contributed by atoms with van der Waals surface area (Å²) in [4.78, 5) is 26.6. The lowest BCUT2D eigenvalue weighted by molar-refractivity contribution is -0.134. The molecule has 126 valence electrons. The smallest absolute Gasteiger partial charge is 0.351 e. The van der Waals surface area contributed by atoms with Gasteiger partial charge < -0.3 is 30.5 Å². The van der Waals surface area contributed by atoms with Gasteiger partial charge in [-0.15, -0.1) is 0 Å². The number of nitrogens with zero attached hydrogens (tertiary/aromatic N) is 2. The normalized spacial score (nSPS) is 27.5. The van der Waals surface area contributed by atoms with Crippen molar-refractivity contribution in [2.24, 2.45) is 0 Å². The molecule has 10 nitrogen and oxygen atoms in total. The van der Waals surface area contributed by atoms with E-state index in [4.69, 9.17) is 15.6 Å². The first kappa shape index (κ1) is 17.1. The molecule has 2 heterocycles. The fourth-order valence-corrected chi connectivity index (χ4v) is 2.14. The van der Waals surface area contributed by atoms with E-state index in [1.54, 1.807) is 0 Å². The summed E-state index contributed by atoms with van der Waals surface area (Å²) in [5.41, 5.74) is 5.01. The van der Waals surface area contributed by atoms with Crippen molar-refractivity contribution in [2.45, 2.75) is 24.5 Å². The largest absolute Gasteiger partial charge is 0.466 e. The summed E-state index contributed by atoms with van der Waals surface area (Å²) >= 11 is 0. The Hall–Kier alpha value is -2.27. The van der Waals surface area contributed by atoms with Crippen LogP contribution in [-0.4, -0.2) is 62.9 Å². The SMILES string of the molecule is COC(=O)C=Cc1cn(C2O[C@H](CO)[C@H](O)[C@@H]2O)c(=O)nc1N. The number of rotatable bonds is 4. The third-order valence-electron chi connectivity index (χ3n) is 3.40. The van der Waals surface area contributed by atoms with Gasteiger partial charge >= 0.3 is 11.7 Å². The molecule has 1 aromatic rings. The van der Waals surface area contributed by atoms with Gasteiger partial charge in [0.05, 0.1) is 13.7 Å². The minimum atomic E-state index is -1.44. The van der Waals surface area contributed by atoms with Crippen LogP contribution < -0.4 is 11.4 Å². The van der Waals surface area contributed by atoms with Crippen molar-refractivity contribution in [1.29, 1.82) is 0 Å². The second kappa shape index (κ2) is 6.87. The number of methoxy groups -OCH3 is 1. The molecule has 4 atom stereocenters. The molecular formula is C13H17N3O7. The Morgan fingerprint density at radius 2 is 2.22 bits per heavy atom. The van der Waals surface area contributed by atoms with Crippen LogP contribution in [0.3, 0.4) is 0 Å². The molecule has 1 fully saturated rings. The van der Waals surface area contributed by atoms with Gasteiger partial charge in [0.1, 0.15) is 24.1 Å². The number of esters is 1. The van der Waals surface area contributed by atoms with E-state index < -0.39 is 42.8 Å². The van der Waals surface area contributed by atoms with Gasteiger partial charge in [0.2, 0.25) is 0 Å². The Morgan fingerprint density at radius 1 is 1.52 bits per heavy atom. The highest BCUT2D eigenvalue weighted by Gasteiger charge is 2.43. The first-order chi connectivity index (χ1) is 10.9. The lowest BCUT2D eigenvalue weighted by Crippen LogP contribution is -2.36. The van der Waals surface area contributed by atoms with E-state index in [-0.39, 0.29) is 11.4 Å². The second-order valence-corrected chi connectivity index (χ2v) is 4.86. The van der Waals surface area contributed by atoms with Crippen molar-refractivity contribution in [3.63, 3.8) is 0 Å². The molecule has 0 amide bonds. The maximum Gasteiger partial charge on any atom is 0.351 e. The Morgan fingerprint density at radius 3 is 2.78 bits per heavy atom. The Labute approximate surface area is 130 Å². The van der Waals surface area contributed by atoms with Crippen LogP contribution in [-0.2, 0) is 14.3 Å². The number of carbonyl (C=O) groups excluding carboxylic acids is 1. The molecule has 0 radical (unpaired) electrons. The first-order valence-electron chi connectivity index (χ1n) is 6.66. The van der Waals surface area contributed by atoms with Crippen LogP contribution in [0.1, 0.15) is 11.8 Å². The van der Waals surface area contributed by atoms with Crippen LogP contribution in [0, 0.1) is 0 Å². The Balaban J connectivity index is 2.38. The van der Waals surface area contributed by atoms with Crippen LogP contribution in [0.4, 0.5) is 5.82 Å². The number of hydrogen-bond donors (Lipinski definition) is 4. The average Bonchev–Trinajstić information content (AvgIpc) is 2.81. The average molecular weight is 327 g/mol. The first-order valence-corrected chi connectivity index (χ1v) is 6.66. The highest BCUT2D eigenvalue weighted by atomic mass is 16.6. The highest BCUT2D eigenvalue weighted by molar-refractivity contribution is 5.87. The number of aliphatic hydroxyl groups is 3. The van der Waals surface area contributed by atoms with Crippen molar-refractivity contribution >= 4 is 17.9 Å². The summed E-state index contributed by atoms with van der Waals surface area (Å²) in [6.07, 6.45) is -1.48. The molecule has 0 spiro atoms. The summed E-state index contributed by atoms with van der Waals surface area (Å²) < 4.78 is 10.6. The molecule has 23 heavy (non-hydrogen) atoms. The van der Waals surface area contributed by atoms with Crippen molar-refractivity contribution < 1.29 is 29.6 Å². The minimum Gasteiger partial charge on any atom is -0.466 e. The molecule has 10 heteroatoms. The van der Waals surface area contributed by atoms with Gasteiger partial charge in [0.25, 0.3) is 0 Å². The third kappa shape index (κ3) is 3.40. The molecule has 1 unspecified atom stereocenters. The molecule has 1 saturated heterocycles. The van der Waals surface area contributed by atoms with Gasteiger partial charge in [-0.1, -0.05) is 0 Å². The number of carbonyl (C=O) groups is 1. The zero-order valence-corrected chi connectivity index (χ0v) is 12.2. The monoisotopic (exact) mass is 327 g/mol. The van der Waals surface area contributed by atoms with Gasteiger partial charge in [-0.2, -0.15) is 4.98 Å². The summed E-state index contributed by atoms with van der Waals surface area (Å²) in [6.45, 7) is -0.527. The predicted molar refractivity (Wildman–Crippen MR) is 77.0 cm³/mol. The second-order valence-electron chi connectivity index (χ2n) is 4.86. The number of ether oxygens (including phenoxy) is 2. The van der Waals surface area contributed by atoms with E-state index in [1.165, 1.54) is 19.4 Å². The number of aromatic nitrogens is 2. The topological polar surface area (TPSA) is 157 Å². The van der Waals surface area contributed by atoms with Crippen molar-refractivity contribution in [1.82, 2.24) is 9.55 Å². The summed E-state index contributed by atoms with van der Waals surface area (Å²) in [7, 11) is 1.20. The molecule has 0 aromatic carbocycles. The quantitative estimate of drug-likeness (QED) is 0.350. The predicted octanol–water partition coefficient (Wildman–Crippen LogP) is -2.38. The zero-order chi connectivity index (χ0) is 17.1. The fourth-order valence-electron chi connectivity index (χ4n) is 2.14. The van der Waals surface area contributed by atoms with E-state index in [1.807, 2.05) is 0 Å². The molecule has 0 saturated carbocycles. The van der Waals surface area contributed by atoms with Crippen LogP contribution in [0.2, 0.25) is 0 Å². The number of hydrogen-bond acceptors (Lipinski definition) is 9. The molecule has 1 aliphatic heterocycles. The summed E-state index contributed by atoms with van der Waals surface area (Å²) in [5.74, 6) is -0.756. The highest BCUT2D eigenvalue weighted by Crippen LogP contribution is 2.28. The Bertz CT molecular complexity index is 672. The van der Waals surface area contributed by atoms with Crippen LogP contribution in [0.25, 0.3) is 6.08 Å². The van der Waals surface area contributed by atoms with Crippen molar-refractivity contribution in [2.75, 3.05) is 19.5 Å². The number of aliphatic hydroxyl groups excluding tert-OH is 3. The van der Waals surface area contributed by atoms with Crippen molar-refractivity contribution in [3.05, 3.63) is 28.3 Å². The maximum atomic E-state index is 11.9. The Kier molecular flexibility index (Phi) is 5.11. The van der Waals surface area contributed by atoms with E-state index in [0.717, 1.165) is 10.6 Å². The number of anilines is 1. The van der Waals surface area contributed by atoms with Gasteiger partial charge in [0.15, 0.2) is 6.23 Å². The zero-order valence-electron chi connectivity index (χ0n) is 12.2. The van der Waals surface area contributed by atoms with Crippen LogP contribution in [0.15, 0.2) is 17.1 Å². The van der Waals surface area contributed by atoms with E-state index in [2.05, 4.69) is 9.72 Å². The summed E-state index contributed by atoms with van der Waals surface area (Å²) in [5, 5.41) is 28.8. The van der Waals surface area contributed by atoms with Gasteiger partial charge in [-0.25, -0.2) is 9.59 Å².